The van der Waals surface area contributed by atoms with Crippen molar-refractivity contribution in [3.63, 3.8) is 0 Å². The molecule has 0 N–H and O–H groups in total. The van der Waals surface area contributed by atoms with E-state index in [-0.39, 0.29) is 7.43 Å². The largest absolute Gasteiger partial charge is 0.120 e. The summed E-state index contributed by atoms with van der Waals surface area (Å²) in [6.07, 6.45) is 26.0. The van der Waals surface area contributed by atoms with Gasteiger partial charge in [-0.15, -0.1) is 12.3 Å². The number of unbranched alkanes of at least 4 members (excludes halogenated alkanes) is 1. The van der Waals surface area contributed by atoms with E-state index in [0.29, 0.717) is 16.2 Å². The van der Waals surface area contributed by atoms with Crippen molar-refractivity contribution in [2.75, 3.05) is 0 Å². The monoisotopic (exact) mass is 400 g/mol. The fourth-order valence-electron chi connectivity index (χ4n) is 9.21. The molecular formula is C29H52. The maximum absolute atomic E-state index is 4.60. The van der Waals surface area contributed by atoms with Gasteiger partial charge in [0.2, 0.25) is 0 Å². The lowest BCUT2D eigenvalue weighted by Gasteiger charge is -2.65. The molecule has 4 fully saturated rings. The van der Waals surface area contributed by atoms with Gasteiger partial charge < -0.3 is 0 Å². The predicted octanol–water partition coefficient (Wildman–Crippen LogP) is 9.28. The Hall–Kier alpha value is -0.440. The lowest BCUT2D eigenvalue weighted by Crippen LogP contribution is -2.57. The summed E-state index contributed by atoms with van der Waals surface area (Å²) >= 11 is 0. The lowest BCUT2D eigenvalue weighted by atomic mass is 9.39. The summed E-state index contributed by atoms with van der Waals surface area (Å²) in [7, 11) is 0. The second kappa shape index (κ2) is 9.79. The van der Waals surface area contributed by atoms with Crippen molar-refractivity contribution in [3.05, 3.63) is 0 Å². The first-order valence-electron chi connectivity index (χ1n) is 12.8. The van der Waals surface area contributed by atoms with E-state index >= 15 is 0 Å². The highest BCUT2D eigenvalue weighted by Crippen LogP contribution is 2.71. The highest BCUT2D eigenvalue weighted by atomic mass is 14.7. The summed E-state index contributed by atoms with van der Waals surface area (Å²) < 4.78 is 0. The Morgan fingerprint density at radius 2 is 1.59 bits per heavy atom. The Bertz CT molecular complexity index is 555. The highest BCUT2D eigenvalue weighted by molar-refractivity contribution is 5.12. The van der Waals surface area contributed by atoms with Gasteiger partial charge in [0.25, 0.3) is 0 Å². The molecule has 0 aliphatic heterocycles. The van der Waals surface area contributed by atoms with E-state index in [1.165, 1.54) is 38.5 Å². The predicted molar refractivity (Wildman–Crippen MR) is 130 cm³/mol. The molecular weight excluding hydrogens is 348 g/mol. The van der Waals surface area contributed by atoms with E-state index in [1.54, 1.807) is 58.3 Å². The van der Waals surface area contributed by atoms with Gasteiger partial charge >= 0.3 is 0 Å². The zero-order chi connectivity index (χ0) is 20.4. The van der Waals surface area contributed by atoms with Crippen molar-refractivity contribution in [3.8, 4) is 12.3 Å². The van der Waals surface area contributed by atoms with Crippen LogP contribution in [0.15, 0.2) is 0 Å². The maximum atomic E-state index is 4.60. The number of hydrogen-bond donors (Lipinski definition) is 0. The number of rotatable bonds is 4. The van der Waals surface area contributed by atoms with Crippen LogP contribution in [0.3, 0.4) is 0 Å². The van der Waals surface area contributed by atoms with Gasteiger partial charge in [-0.1, -0.05) is 60.8 Å². The molecule has 0 spiro atoms. The molecule has 0 bridgehead atoms. The Morgan fingerprint density at radius 3 is 2.24 bits per heavy atom. The van der Waals surface area contributed by atoms with E-state index < -0.39 is 0 Å². The number of hydrogen-bond acceptors (Lipinski definition) is 0. The average molecular weight is 401 g/mol. The molecule has 4 aliphatic carbocycles. The fraction of sp³-hybridized carbons (Fsp3) is 0.931. The molecule has 7 unspecified atom stereocenters. The summed E-state index contributed by atoms with van der Waals surface area (Å²) in [5.41, 5.74) is 2.08. The van der Waals surface area contributed by atoms with Crippen LogP contribution in [0.25, 0.3) is 0 Å². The molecule has 0 saturated heterocycles. The molecule has 4 aliphatic rings. The molecule has 0 amide bonds. The minimum Gasteiger partial charge on any atom is -0.120 e. The molecule has 0 radical (unpaired) electrons. The van der Waals surface area contributed by atoms with Crippen molar-refractivity contribution in [1.82, 2.24) is 0 Å². The molecule has 4 rings (SSSR count). The van der Waals surface area contributed by atoms with Crippen LogP contribution in [-0.2, 0) is 0 Å². The van der Waals surface area contributed by atoms with Gasteiger partial charge in [0.15, 0.2) is 0 Å². The Labute approximate surface area is 184 Å². The molecule has 0 heterocycles. The molecule has 0 aromatic carbocycles. The van der Waals surface area contributed by atoms with E-state index in [4.69, 9.17) is 0 Å². The van der Waals surface area contributed by atoms with E-state index in [9.17, 15) is 0 Å². The van der Waals surface area contributed by atoms with Gasteiger partial charge in [-0.25, -0.2) is 0 Å². The van der Waals surface area contributed by atoms with Crippen LogP contribution in [0.5, 0.6) is 0 Å². The van der Waals surface area contributed by atoms with Crippen molar-refractivity contribution < 1.29 is 0 Å². The first-order chi connectivity index (χ1) is 13.4. The van der Waals surface area contributed by atoms with E-state index in [1.807, 2.05) is 0 Å². The van der Waals surface area contributed by atoms with Crippen molar-refractivity contribution in [2.45, 2.75) is 132 Å². The van der Waals surface area contributed by atoms with E-state index in [2.05, 4.69) is 40.0 Å². The first kappa shape index (κ1) is 24.8. The van der Waals surface area contributed by atoms with Crippen LogP contribution in [-0.4, -0.2) is 0 Å². The van der Waals surface area contributed by atoms with Crippen LogP contribution in [0.1, 0.15) is 132 Å². The van der Waals surface area contributed by atoms with Crippen molar-refractivity contribution >= 4 is 0 Å². The Morgan fingerprint density at radius 1 is 0.897 bits per heavy atom. The quantitative estimate of drug-likeness (QED) is 0.412. The van der Waals surface area contributed by atoms with Gasteiger partial charge in [-0.2, -0.15) is 0 Å². The van der Waals surface area contributed by atoms with Crippen molar-refractivity contribution in [2.24, 2.45) is 39.9 Å². The molecule has 0 heteroatoms. The molecule has 7 atom stereocenters. The maximum Gasteiger partial charge on any atom is -0.00297 e. The van der Waals surface area contributed by atoms with Crippen LogP contribution >= 0.6 is 0 Å². The summed E-state index contributed by atoms with van der Waals surface area (Å²) in [4.78, 5) is 0. The third kappa shape index (κ3) is 3.94. The smallest absolute Gasteiger partial charge is 0.00297 e. The fourth-order valence-corrected chi connectivity index (χ4v) is 9.21. The molecule has 0 aromatic rings. The van der Waals surface area contributed by atoms with Crippen LogP contribution < -0.4 is 0 Å². The number of fused-ring (bicyclic) bond motifs is 5. The molecule has 4 saturated carbocycles. The molecule has 168 valence electrons. The normalized spacial score (nSPS) is 45.4. The topological polar surface area (TPSA) is 0 Å². The van der Waals surface area contributed by atoms with Gasteiger partial charge in [-0.3, -0.25) is 0 Å². The lowest BCUT2D eigenvalue weighted by molar-refractivity contribution is -0.161. The Kier molecular flexibility index (Phi) is 8.38. The summed E-state index contributed by atoms with van der Waals surface area (Å²) in [5.74, 6) is 6.51. The second-order valence-corrected chi connectivity index (χ2v) is 11.4. The summed E-state index contributed by atoms with van der Waals surface area (Å²) in [6, 6.07) is 0. The third-order valence-electron chi connectivity index (χ3n) is 10.8. The SMILES string of the molecule is C.C#CC.CCCCC1CCC2C3CCC4(CC)CCCCC4(C)C3CCC12C. The third-order valence-corrected chi connectivity index (χ3v) is 10.8. The Balaban J connectivity index is 0.000000708. The minimum atomic E-state index is 0. The van der Waals surface area contributed by atoms with Gasteiger partial charge in [0, 0.05) is 0 Å². The molecule has 29 heavy (non-hydrogen) atoms. The van der Waals surface area contributed by atoms with Gasteiger partial charge in [-0.05, 0) is 111 Å². The van der Waals surface area contributed by atoms with Crippen molar-refractivity contribution in [1.29, 1.82) is 0 Å². The first-order valence-corrected chi connectivity index (χ1v) is 12.8. The standard InChI is InChI=1S/C25H44.C3H4.CH4/c1-5-7-10-19-11-12-21-20-13-18-25(6-2)16-9-8-15-24(25,4)22(20)14-17-23(19,21)3;1-3-2;/h19-22H,5-18H2,1-4H3;1H,2H3;1H4. The highest BCUT2D eigenvalue weighted by Gasteiger charge is 2.62. The minimum absolute atomic E-state index is 0. The summed E-state index contributed by atoms with van der Waals surface area (Å²) in [6.45, 7) is 12.0. The average Bonchev–Trinajstić information content (AvgIpc) is 3.03. The second-order valence-electron chi connectivity index (χ2n) is 11.4. The summed E-state index contributed by atoms with van der Waals surface area (Å²) in [5, 5.41) is 0. The van der Waals surface area contributed by atoms with Crippen LogP contribution in [0, 0.1) is 52.3 Å². The zero-order valence-electron chi connectivity index (χ0n) is 19.8. The van der Waals surface area contributed by atoms with Gasteiger partial charge in [0.1, 0.15) is 0 Å². The van der Waals surface area contributed by atoms with Gasteiger partial charge in [0.05, 0.1) is 0 Å². The molecule has 0 aromatic heterocycles. The molecule has 0 nitrogen and oxygen atoms in total. The zero-order valence-corrected chi connectivity index (χ0v) is 19.8. The van der Waals surface area contributed by atoms with E-state index in [0.717, 1.165) is 23.7 Å². The number of terminal acetylenes is 1. The van der Waals surface area contributed by atoms with Crippen LogP contribution in [0.2, 0.25) is 0 Å². The van der Waals surface area contributed by atoms with Crippen LogP contribution in [0.4, 0.5) is 0 Å².